The number of benzene rings is 2. The van der Waals surface area contributed by atoms with Crippen LogP contribution in [0.25, 0.3) is 0 Å². The molecule has 208 valence electrons. The van der Waals surface area contributed by atoms with E-state index in [1.54, 1.807) is 39.0 Å². The van der Waals surface area contributed by atoms with E-state index in [-0.39, 0.29) is 42.2 Å². The van der Waals surface area contributed by atoms with Gasteiger partial charge in [0.1, 0.15) is 29.0 Å². The highest BCUT2D eigenvalue weighted by molar-refractivity contribution is 7.16. The number of fused-ring (bicyclic) bond motifs is 2. The zero-order chi connectivity index (χ0) is 28.8. The van der Waals surface area contributed by atoms with Gasteiger partial charge in [-0.05, 0) is 49.9 Å². The molecule has 3 aromatic rings. The summed E-state index contributed by atoms with van der Waals surface area (Å²) in [5, 5.41) is 10.1. The number of hydrogen-bond donors (Lipinski definition) is 2. The fourth-order valence-electron chi connectivity index (χ4n) is 4.99. The summed E-state index contributed by atoms with van der Waals surface area (Å²) in [5.41, 5.74) is 7.85. The van der Waals surface area contributed by atoms with Crippen LogP contribution in [0.3, 0.4) is 0 Å². The molecule has 0 radical (unpaired) electrons. The second-order valence-electron chi connectivity index (χ2n) is 10.6. The van der Waals surface area contributed by atoms with Gasteiger partial charge in [-0.25, -0.2) is 9.59 Å². The number of carboxylic acid groups (broad SMARTS) is 1. The van der Waals surface area contributed by atoms with Gasteiger partial charge in [0.25, 0.3) is 11.8 Å². The minimum absolute atomic E-state index is 0.0331. The molecule has 0 aliphatic carbocycles. The second kappa shape index (κ2) is 10.3. The van der Waals surface area contributed by atoms with Gasteiger partial charge >= 0.3 is 12.1 Å². The zero-order valence-corrected chi connectivity index (χ0v) is 23.1. The van der Waals surface area contributed by atoms with E-state index in [9.17, 15) is 24.3 Å². The zero-order valence-electron chi connectivity index (χ0n) is 22.3. The fourth-order valence-corrected chi connectivity index (χ4v) is 6.20. The number of anilines is 1. The van der Waals surface area contributed by atoms with Crippen molar-refractivity contribution in [3.05, 3.63) is 81.2 Å². The van der Waals surface area contributed by atoms with Gasteiger partial charge in [0.15, 0.2) is 0 Å². The van der Waals surface area contributed by atoms with E-state index < -0.39 is 35.5 Å². The number of carbonyl (C=O) groups excluding carboxylic acids is 3. The third kappa shape index (κ3) is 5.00. The van der Waals surface area contributed by atoms with E-state index >= 15 is 0 Å². The van der Waals surface area contributed by atoms with Crippen LogP contribution in [0.5, 0.6) is 5.75 Å². The maximum absolute atomic E-state index is 14.0. The van der Waals surface area contributed by atoms with Crippen molar-refractivity contribution in [2.75, 3.05) is 12.3 Å². The fraction of sp³-hybridized carbons (Fsp3) is 0.310. The molecule has 0 fully saturated rings. The highest BCUT2D eigenvalue weighted by Crippen LogP contribution is 2.44. The first kappa shape index (κ1) is 27.2. The van der Waals surface area contributed by atoms with Crippen molar-refractivity contribution in [1.82, 2.24) is 9.80 Å². The van der Waals surface area contributed by atoms with E-state index in [1.807, 2.05) is 30.3 Å². The van der Waals surface area contributed by atoms with Crippen LogP contribution in [-0.4, -0.2) is 50.9 Å². The molecule has 1 unspecified atom stereocenters. The first-order valence-corrected chi connectivity index (χ1v) is 13.6. The summed E-state index contributed by atoms with van der Waals surface area (Å²) >= 11 is 0.970. The number of nitrogen functional groups attached to an aromatic ring is 1. The Labute approximate surface area is 234 Å². The molecule has 11 heteroatoms. The Balaban J connectivity index is 1.46. The molecule has 0 saturated heterocycles. The van der Waals surface area contributed by atoms with Crippen LogP contribution in [0.15, 0.2) is 48.5 Å². The number of esters is 1. The van der Waals surface area contributed by atoms with E-state index in [0.29, 0.717) is 21.8 Å². The van der Waals surface area contributed by atoms with Crippen molar-refractivity contribution < 1.29 is 33.8 Å². The molecule has 0 spiro atoms. The number of rotatable bonds is 5. The van der Waals surface area contributed by atoms with Gasteiger partial charge < -0.3 is 20.3 Å². The molecule has 5 rings (SSSR count). The van der Waals surface area contributed by atoms with Gasteiger partial charge in [0.2, 0.25) is 0 Å². The summed E-state index contributed by atoms with van der Waals surface area (Å²) in [5.74, 6) is -1.58. The lowest BCUT2D eigenvalue weighted by molar-refractivity contribution is -0.134. The van der Waals surface area contributed by atoms with Crippen LogP contribution in [0.4, 0.5) is 9.80 Å². The normalized spacial score (nSPS) is 16.4. The number of thiophene rings is 1. The highest BCUT2D eigenvalue weighted by atomic mass is 32.1. The largest absolute Gasteiger partial charge is 0.488 e. The van der Waals surface area contributed by atoms with E-state index in [1.165, 1.54) is 0 Å². The van der Waals surface area contributed by atoms with Crippen LogP contribution in [0, 0.1) is 0 Å². The Kier molecular flexibility index (Phi) is 7.01. The number of amides is 3. The molecule has 0 saturated carbocycles. The summed E-state index contributed by atoms with van der Waals surface area (Å²) in [6.45, 7) is 5.34. The molecule has 1 atom stereocenters. The van der Waals surface area contributed by atoms with Crippen molar-refractivity contribution in [3.63, 3.8) is 0 Å². The number of imide groups is 1. The number of nitrogens with two attached hydrogens (primary N) is 1. The lowest BCUT2D eigenvalue weighted by Gasteiger charge is -2.34. The van der Waals surface area contributed by atoms with Crippen LogP contribution >= 0.6 is 11.3 Å². The molecular weight excluding hydrogens is 534 g/mol. The van der Waals surface area contributed by atoms with Crippen molar-refractivity contribution in [3.8, 4) is 5.75 Å². The number of nitrogens with zero attached hydrogens (tertiary/aromatic N) is 2. The lowest BCUT2D eigenvalue weighted by atomic mass is 9.96. The van der Waals surface area contributed by atoms with Gasteiger partial charge in [-0.15, -0.1) is 11.3 Å². The predicted molar refractivity (Wildman–Crippen MR) is 147 cm³/mol. The summed E-state index contributed by atoms with van der Waals surface area (Å²) in [6.07, 6.45) is -1.13. The van der Waals surface area contributed by atoms with E-state index in [0.717, 1.165) is 26.7 Å². The van der Waals surface area contributed by atoms with Gasteiger partial charge in [0.05, 0.1) is 17.7 Å². The van der Waals surface area contributed by atoms with Crippen molar-refractivity contribution in [1.29, 1.82) is 0 Å². The van der Waals surface area contributed by atoms with Crippen LogP contribution in [0.2, 0.25) is 0 Å². The Morgan fingerprint density at radius 1 is 1.10 bits per heavy atom. The van der Waals surface area contributed by atoms with E-state index in [2.05, 4.69) is 0 Å². The molecule has 40 heavy (non-hydrogen) atoms. The molecule has 2 aliphatic rings. The van der Waals surface area contributed by atoms with Gasteiger partial charge in [0, 0.05) is 11.4 Å². The summed E-state index contributed by atoms with van der Waals surface area (Å²) in [7, 11) is 0. The second-order valence-corrected chi connectivity index (χ2v) is 11.7. The molecule has 3 N–H and O–H groups in total. The summed E-state index contributed by atoms with van der Waals surface area (Å²) in [4.78, 5) is 55.1. The lowest BCUT2D eigenvalue weighted by Crippen LogP contribution is -2.48. The third-order valence-corrected chi connectivity index (χ3v) is 7.83. The number of carbonyl (C=O) groups is 4. The SMILES string of the molecule is CC(C)(C)OC(=O)c1c(N)sc2c1CCN(C(=O)O)C2C(=O)N1Cc2cccc(OCc3ccccc3)c2C1=O. The Morgan fingerprint density at radius 3 is 2.50 bits per heavy atom. The van der Waals surface area contributed by atoms with Gasteiger partial charge in [-0.1, -0.05) is 42.5 Å². The summed E-state index contributed by atoms with van der Waals surface area (Å²) < 4.78 is 11.5. The van der Waals surface area contributed by atoms with Crippen LogP contribution in [0.1, 0.15) is 69.1 Å². The van der Waals surface area contributed by atoms with Crippen LogP contribution < -0.4 is 10.5 Å². The van der Waals surface area contributed by atoms with Crippen molar-refractivity contribution in [2.45, 2.75) is 52.0 Å². The minimum Gasteiger partial charge on any atom is -0.488 e. The van der Waals surface area contributed by atoms with E-state index in [4.69, 9.17) is 15.2 Å². The molecule has 0 bridgehead atoms. The molecule has 2 aromatic carbocycles. The standard InChI is InChI=1S/C29H29N3O7S/c1-29(2,3)39-27(35)21-18-12-13-31(28(36)37)22(23(18)40-24(21)30)26(34)32-14-17-10-7-11-19(20(17)25(32)33)38-15-16-8-5-4-6-9-16/h4-11,22H,12-15,30H2,1-3H3,(H,36,37). The topological polar surface area (TPSA) is 139 Å². The average Bonchev–Trinajstić information content (AvgIpc) is 3.42. The first-order chi connectivity index (χ1) is 19.0. The molecule has 3 heterocycles. The smallest absolute Gasteiger partial charge is 0.408 e. The third-order valence-electron chi connectivity index (χ3n) is 6.71. The maximum Gasteiger partial charge on any atom is 0.408 e. The Hall–Kier alpha value is -4.38. The van der Waals surface area contributed by atoms with Gasteiger partial charge in [-0.3, -0.25) is 19.4 Å². The highest BCUT2D eigenvalue weighted by Gasteiger charge is 2.46. The maximum atomic E-state index is 14.0. The Bertz CT molecular complexity index is 1510. The molecular formula is C29H29N3O7S. The van der Waals surface area contributed by atoms with Crippen molar-refractivity contribution >= 4 is 40.2 Å². The number of hydrogen-bond acceptors (Lipinski definition) is 8. The van der Waals surface area contributed by atoms with Crippen molar-refractivity contribution in [2.24, 2.45) is 0 Å². The van der Waals surface area contributed by atoms with Crippen LogP contribution in [-0.2, 0) is 29.1 Å². The monoisotopic (exact) mass is 563 g/mol. The first-order valence-electron chi connectivity index (χ1n) is 12.7. The average molecular weight is 564 g/mol. The molecule has 3 amide bonds. The molecule has 2 aliphatic heterocycles. The molecule has 1 aromatic heterocycles. The number of ether oxygens (including phenoxy) is 2. The van der Waals surface area contributed by atoms with Gasteiger partial charge in [-0.2, -0.15) is 0 Å². The minimum atomic E-state index is -1.34. The quantitative estimate of drug-likeness (QED) is 0.339. The summed E-state index contributed by atoms with van der Waals surface area (Å²) in [6, 6.07) is 13.3. The molecule has 10 nitrogen and oxygen atoms in total. The predicted octanol–water partition coefficient (Wildman–Crippen LogP) is 4.62. The Morgan fingerprint density at radius 2 is 1.82 bits per heavy atom.